The van der Waals surface area contributed by atoms with E-state index in [2.05, 4.69) is 58.8 Å². The molecule has 1 atom stereocenters. The summed E-state index contributed by atoms with van der Waals surface area (Å²) in [5.41, 5.74) is 8.03. The minimum atomic E-state index is -0.430. The molecule has 1 aromatic heterocycles. The highest BCUT2D eigenvalue weighted by Gasteiger charge is 2.32. The quantitative estimate of drug-likeness (QED) is 0.781. The fraction of sp³-hybridized carbons (Fsp3) is 0.250. The second-order valence-electron chi connectivity index (χ2n) is 6.59. The number of fused-ring (bicyclic) bond motifs is 1. The minimum absolute atomic E-state index is 0.430. The maximum atomic E-state index is 6.43. The van der Waals surface area contributed by atoms with Crippen molar-refractivity contribution in [2.24, 2.45) is 5.73 Å². The third-order valence-corrected chi connectivity index (χ3v) is 4.66. The normalized spacial score (nSPS) is 21.2. The monoisotopic (exact) mass is 317 g/mol. The van der Waals surface area contributed by atoms with Crippen molar-refractivity contribution < 1.29 is 0 Å². The zero-order valence-electron chi connectivity index (χ0n) is 13.8. The van der Waals surface area contributed by atoms with E-state index in [9.17, 15) is 0 Å². The van der Waals surface area contributed by atoms with Gasteiger partial charge in [-0.1, -0.05) is 36.4 Å². The molecule has 2 N–H and O–H groups in total. The van der Waals surface area contributed by atoms with Gasteiger partial charge < -0.3 is 10.6 Å². The SMILES string of the molecule is CC1(N)C[CH]CCN1c1nccc(-c2ccc3ccccc3c2)n1. The van der Waals surface area contributed by atoms with Crippen LogP contribution >= 0.6 is 0 Å². The Hall–Kier alpha value is -2.46. The Balaban J connectivity index is 1.73. The molecule has 0 amide bonds. The zero-order chi connectivity index (χ0) is 16.6. The molecule has 0 spiro atoms. The number of nitrogens with zero attached hydrogens (tertiary/aromatic N) is 3. The Kier molecular flexibility index (Phi) is 3.69. The van der Waals surface area contributed by atoms with Gasteiger partial charge in [0.15, 0.2) is 0 Å². The first-order valence-electron chi connectivity index (χ1n) is 8.34. The van der Waals surface area contributed by atoms with Crippen LogP contribution in [0.5, 0.6) is 0 Å². The highest BCUT2D eigenvalue weighted by atomic mass is 15.3. The predicted octanol–water partition coefficient (Wildman–Crippen LogP) is 3.78. The molecule has 4 heteroatoms. The standard InChI is InChI=1S/C20H21N4/c1-20(21)11-4-5-13-24(20)19-22-12-10-18(23-19)17-9-8-15-6-2-3-7-16(15)14-17/h2-4,6-10,12,14H,5,11,13,21H2,1H3. The Bertz CT molecular complexity index is 872. The smallest absolute Gasteiger partial charge is 0.227 e. The molecule has 1 saturated heterocycles. The number of rotatable bonds is 2. The molecular formula is C20H21N4. The van der Waals surface area contributed by atoms with Gasteiger partial charge >= 0.3 is 0 Å². The molecule has 4 rings (SSSR count). The molecule has 24 heavy (non-hydrogen) atoms. The summed E-state index contributed by atoms with van der Waals surface area (Å²) in [7, 11) is 0. The van der Waals surface area contributed by atoms with E-state index in [1.807, 2.05) is 19.2 Å². The van der Waals surface area contributed by atoms with Gasteiger partial charge in [-0.3, -0.25) is 0 Å². The second kappa shape index (κ2) is 5.87. The third-order valence-electron chi connectivity index (χ3n) is 4.66. The van der Waals surface area contributed by atoms with Crippen molar-refractivity contribution >= 4 is 16.7 Å². The van der Waals surface area contributed by atoms with E-state index in [0.29, 0.717) is 5.95 Å². The molecule has 0 aliphatic carbocycles. The highest BCUT2D eigenvalue weighted by molar-refractivity contribution is 5.86. The summed E-state index contributed by atoms with van der Waals surface area (Å²) in [4.78, 5) is 11.4. The number of anilines is 1. The summed E-state index contributed by atoms with van der Waals surface area (Å²) < 4.78 is 0. The summed E-state index contributed by atoms with van der Waals surface area (Å²) in [6.07, 6.45) is 5.91. The number of benzene rings is 2. The lowest BCUT2D eigenvalue weighted by Gasteiger charge is -2.42. The molecule has 2 aromatic carbocycles. The molecule has 1 fully saturated rings. The molecular weight excluding hydrogens is 296 g/mol. The van der Waals surface area contributed by atoms with Crippen LogP contribution in [0.1, 0.15) is 19.8 Å². The Morgan fingerprint density at radius 1 is 1.08 bits per heavy atom. The van der Waals surface area contributed by atoms with Crippen LogP contribution < -0.4 is 10.6 Å². The van der Waals surface area contributed by atoms with Gasteiger partial charge in [-0.05, 0) is 49.1 Å². The first-order valence-corrected chi connectivity index (χ1v) is 8.34. The summed E-state index contributed by atoms with van der Waals surface area (Å²) in [6.45, 7) is 2.89. The van der Waals surface area contributed by atoms with Gasteiger partial charge in [-0.2, -0.15) is 0 Å². The first-order chi connectivity index (χ1) is 11.6. The van der Waals surface area contributed by atoms with E-state index in [-0.39, 0.29) is 0 Å². The largest absolute Gasteiger partial charge is 0.323 e. The Labute approximate surface area is 142 Å². The number of hydrogen-bond donors (Lipinski definition) is 1. The van der Waals surface area contributed by atoms with Crippen LogP contribution in [0, 0.1) is 6.42 Å². The lowest BCUT2D eigenvalue weighted by Crippen LogP contribution is -2.57. The molecule has 121 valence electrons. The molecule has 1 aliphatic rings. The number of aromatic nitrogens is 2. The second-order valence-corrected chi connectivity index (χ2v) is 6.59. The van der Waals surface area contributed by atoms with Crippen molar-refractivity contribution in [1.82, 2.24) is 9.97 Å². The van der Waals surface area contributed by atoms with Gasteiger partial charge in [0.25, 0.3) is 0 Å². The Morgan fingerprint density at radius 3 is 2.75 bits per heavy atom. The van der Waals surface area contributed by atoms with E-state index in [4.69, 9.17) is 10.7 Å². The maximum absolute atomic E-state index is 6.43. The van der Waals surface area contributed by atoms with E-state index in [1.54, 1.807) is 0 Å². The molecule has 1 unspecified atom stereocenters. The fourth-order valence-corrected chi connectivity index (χ4v) is 3.30. The van der Waals surface area contributed by atoms with Crippen LogP contribution in [0.4, 0.5) is 5.95 Å². The van der Waals surface area contributed by atoms with E-state index < -0.39 is 5.66 Å². The van der Waals surface area contributed by atoms with Gasteiger partial charge in [0, 0.05) is 18.3 Å². The molecule has 0 bridgehead atoms. The van der Waals surface area contributed by atoms with Crippen LogP contribution in [-0.2, 0) is 0 Å². The van der Waals surface area contributed by atoms with Crippen molar-refractivity contribution in [2.45, 2.75) is 25.4 Å². The van der Waals surface area contributed by atoms with Gasteiger partial charge in [-0.15, -0.1) is 0 Å². The predicted molar refractivity (Wildman–Crippen MR) is 98.4 cm³/mol. The highest BCUT2D eigenvalue weighted by Crippen LogP contribution is 2.28. The third kappa shape index (κ3) is 2.74. The summed E-state index contributed by atoms with van der Waals surface area (Å²) in [6, 6.07) is 16.7. The molecule has 1 aliphatic heterocycles. The lowest BCUT2D eigenvalue weighted by atomic mass is 9.98. The van der Waals surface area contributed by atoms with Gasteiger partial charge in [0.2, 0.25) is 5.95 Å². The summed E-state index contributed by atoms with van der Waals surface area (Å²) in [5.74, 6) is 0.707. The van der Waals surface area contributed by atoms with E-state index in [1.165, 1.54) is 10.8 Å². The molecule has 1 radical (unpaired) electrons. The average Bonchev–Trinajstić information content (AvgIpc) is 2.61. The minimum Gasteiger partial charge on any atom is -0.323 e. The van der Waals surface area contributed by atoms with Crippen LogP contribution in [0.2, 0.25) is 0 Å². The van der Waals surface area contributed by atoms with Crippen LogP contribution in [0.15, 0.2) is 54.7 Å². The summed E-state index contributed by atoms with van der Waals surface area (Å²) in [5, 5.41) is 2.45. The topological polar surface area (TPSA) is 55.0 Å². The van der Waals surface area contributed by atoms with Crippen LogP contribution in [0.25, 0.3) is 22.0 Å². The number of piperidine rings is 1. The number of nitrogens with two attached hydrogens (primary N) is 1. The molecule has 4 nitrogen and oxygen atoms in total. The van der Waals surface area contributed by atoms with Gasteiger partial charge in [0.05, 0.1) is 11.4 Å². The van der Waals surface area contributed by atoms with Crippen LogP contribution in [-0.4, -0.2) is 22.2 Å². The molecule has 2 heterocycles. The van der Waals surface area contributed by atoms with E-state index in [0.717, 1.165) is 30.6 Å². The van der Waals surface area contributed by atoms with E-state index >= 15 is 0 Å². The molecule has 0 saturated carbocycles. The van der Waals surface area contributed by atoms with Gasteiger partial charge in [0.1, 0.15) is 0 Å². The van der Waals surface area contributed by atoms with Crippen molar-refractivity contribution in [2.75, 3.05) is 11.4 Å². The molecule has 3 aromatic rings. The maximum Gasteiger partial charge on any atom is 0.227 e. The average molecular weight is 317 g/mol. The van der Waals surface area contributed by atoms with Crippen LogP contribution in [0.3, 0.4) is 0 Å². The Morgan fingerprint density at radius 2 is 1.92 bits per heavy atom. The van der Waals surface area contributed by atoms with Gasteiger partial charge in [-0.25, -0.2) is 9.97 Å². The first kappa shape index (κ1) is 15.1. The fourth-order valence-electron chi connectivity index (χ4n) is 3.30. The number of hydrogen-bond acceptors (Lipinski definition) is 4. The summed E-state index contributed by atoms with van der Waals surface area (Å²) >= 11 is 0. The van der Waals surface area contributed by atoms with Crippen molar-refractivity contribution in [3.63, 3.8) is 0 Å². The van der Waals surface area contributed by atoms with Crippen molar-refractivity contribution in [1.29, 1.82) is 0 Å². The zero-order valence-corrected chi connectivity index (χ0v) is 13.8. The lowest BCUT2D eigenvalue weighted by molar-refractivity contribution is 0.386. The van der Waals surface area contributed by atoms with Crippen molar-refractivity contribution in [3.8, 4) is 11.3 Å². The van der Waals surface area contributed by atoms with Crippen molar-refractivity contribution in [3.05, 3.63) is 61.1 Å².